The minimum atomic E-state index is -4.15. The molecule has 1 saturated heterocycles. The minimum absolute atomic E-state index is 0. The van der Waals surface area contributed by atoms with E-state index in [4.69, 9.17) is 4.52 Å². The highest BCUT2D eigenvalue weighted by atomic mass is 35.5. The smallest absolute Gasteiger partial charge is 0.339 e. The van der Waals surface area contributed by atoms with Gasteiger partial charge in [0.15, 0.2) is 5.82 Å². The number of halogens is 4. The molecule has 3 unspecified atom stereocenters. The molecule has 0 aromatic carbocycles. The third-order valence-corrected chi connectivity index (χ3v) is 7.37. The van der Waals surface area contributed by atoms with E-state index in [1.807, 2.05) is 7.05 Å². The van der Waals surface area contributed by atoms with Crippen molar-refractivity contribution >= 4 is 12.4 Å². The molecule has 0 spiro atoms. The molecule has 152 valence electrons. The summed E-state index contributed by atoms with van der Waals surface area (Å²) in [5, 5.41) is 7.51. The molecule has 5 aliphatic rings. The molecule has 1 aromatic heterocycles. The Bertz CT molecular complexity index is 695. The SMILES string of the molecule is CN1CCNCC1c1noc(C23CC4CC(C2)CC(C(F)(F)F)(C4)C3)n1.Cl. The molecule has 1 aromatic rings. The molecule has 3 atom stereocenters. The lowest BCUT2D eigenvalue weighted by molar-refractivity contribution is -0.279. The first-order chi connectivity index (χ1) is 12.3. The minimum Gasteiger partial charge on any atom is -0.339 e. The van der Waals surface area contributed by atoms with Gasteiger partial charge in [0.25, 0.3) is 0 Å². The fourth-order valence-electron chi connectivity index (χ4n) is 6.52. The van der Waals surface area contributed by atoms with E-state index in [-0.39, 0.29) is 49.5 Å². The average Bonchev–Trinajstić information content (AvgIpc) is 3.03. The zero-order chi connectivity index (χ0) is 18.2. The van der Waals surface area contributed by atoms with Crippen molar-refractivity contribution in [3.8, 4) is 0 Å². The molecule has 1 aliphatic heterocycles. The van der Waals surface area contributed by atoms with Gasteiger partial charge in [0.2, 0.25) is 5.89 Å². The summed E-state index contributed by atoms with van der Waals surface area (Å²) >= 11 is 0. The number of nitrogens with zero attached hydrogens (tertiary/aromatic N) is 3. The van der Waals surface area contributed by atoms with Crippen LogP contribution in [-0.2, 0) is 5.41 Å². The molecule has 1 N–H and O–H groups in total. The summed E-state index contributed by atoms with van der Waals surface area (Å²) < 4.78 is 47.5. The van der Waals surface area contributed by atoms with Gasteiger partial charge in [-0.2, -0.15) is 18.2 Å². The van der Waals surface area contributed by atoms with Gasteiger partial charge in [0.1, 0.15) is 0 Å². The van der Waals surface area contributed by atoms with Crippen molar-refractivity contribution in [1.29, 1.82) is 0 Å². The maximum absolute atomic E-state index is 13.9. The Labute approximate surface area is 162 Å². The Hall–Kier alpha value is -0.860. The van der Waals surface area contributed by atoms with Gasteiger partial charge < -0.3 is 9.84 Å². The molecular formula is C18H26ClF3N4O. The number of rotatable bonds is 2. The van der Waals surface area contributed by atoms with Crippen LogP contribution in [0.25, 0.3) is 0 Å². The first-order valence-electron chi connectivity index (χ1n) is 9.62. The zero-order valence-corrected chi connectivity index (χ0v) is 16.2. The van der Waals surface area contributed by atoms with Gasteiger partial charge in [0.05, 0.1) is 16.9 Å². The number of nitrogens with one attached hydrogen (secondary N) is 1. The summed E-state index contributed by atoms with van der Waals surface area (Å²) in [6.45, 7) is 2.54. The molecule has 9 heteroatoms. The van der Waals surface area contributed by atoms with E-state index in [0.29, 0.717) is 11.7 Å². The molecule has 2 heterocycles. The van der Waals surface area contributed by atoms with Crippen molar-refractivity contribution in [3.63, 3.8) is 0 Å². The predicted molar refractivity (Wildman–Crippen MR) is 94.6 cm³/mol. The molecule has 5 fully saturated rings. The Balaban J connectivity index is 0.00000180. The van der Waals surface area contributed by atoms with Gasteiger partial charge in [-0.3, -0.25) is 4.90 Å². The third kappa shape index (κ3) is 2.90. The van der Waals surface area contributed by atoms with Crippen molar-refractivity contribution in [1.82, 2.24) is 20.4 Å². The third-order valence-electron chi connectivity index (χ3n) is 7.37. The summed E-state index contributed by atoms with van der Waals surface area (Å²) in [4.78, 5) is 6.83. The second-order valence-corrected chi connectivity index (χ2v) is 9.18. The van der Waals surface area contributed by atoms with Crippen molar-refractivity contribution in [2.24, 2.45) is 17.3 Å². The van der Waals surface area contributed by atoms with E-state index in [1.165, 1.54) is 0 Å². The van der Waals surface area contributed by atoms with Crippen LogP contribution in [0.5, 0.6) is 0 Å². The Morgan fingerprint density at radius 1 is 1.19 bits per heavy atom. The zero-order valence-electron chi connectivity index (χ0n) is 15.4. The van der Waals surface area contributed by atoms with E-state index in [0.717, 1.165) is 38.9 Å². The van der Waals surface area contributed by atoms with Crippen LogP contribution >= 0.6 is 12.4 Å². The monoisotopic (exact) mass is 406 g/mol. The maximum Gasteiger partial charge on any atom is 0.394 e. The summed E-state index contributed by atoms with van der Waals surface area (Å²) in [5.74, 6) is 1.32. The highest BCUT2D eigenvalue weighted by molar-refractivity contribution is 5.85. The van der Waals surface area contributed by atoms with Gasteiger partial charge in [-0.05, 0) is 57.4 Å². The van der Waals surface area contributed by atoms with Gasteiger partial charge >= 0.3 is 6.18 Å². The number of hydrogen-bond acceptors (Lipinski definition) is 5. The van der Waals surface area contributed by atoms with Gasteiger partial charge in [-0.25, -0.2) is 0 Å². The van der Waals surface area contributed by atoms with Crippen LogP contribution in [0.4, 0.5) is 13.2 Å². The predicted octanol–water partition coefficient (Wildman–Crippen LogP) is 3.47. The van der Waals surface area contributed by atoms with E-state index < -0.39 is 17.0 Å². The van der Waals surface area contributed by atoms with Crippen LogP contribution in [0.2, 0.25) is 0 Å². The quantitative estimate of drug-likeness (QED) is 0.815. The van der Waals surface area contributed by atoms with Crippen LogP contribution in [-0.4, -0.2) is 47.9 Å². The van der Waals surface area contributed by atoms with Crippen LogP contribution < -0.4 is 5.32 Å². The number of likely N-dealkylation sites (N-methyl/N-ethyl adjacent to an activating group) is 1. The normalized spacial score (nSPS) is 41.6. The molecule has 4 saturated carbocycles. The van der Waals surface area contributed by atoms with Crippen molar-refractivity contribution in [3.05, 3.63) is 11.7 Å². The Kier molecular flexibility index (Phi) is 4.56. The van der Waals surface area contributed by atoms with E-state index in [2.05, 4.69) is 20.4 Å². The molecule has 27 heavy (non-hydrogen) atoms. The highest BCUT2D eigenvalue weighted by Crippen LogP contribution is 2.69. The largest absolute Gasteiger partial charge is 0.394 e. The molecule has 4 aliphatic carbocycles. The van der Waals surface area contributed by atoms with Crippen molar-refractivity contribution in [2.75, 3.05) is 26.7 Å². The number of aromatic nitrogens is 2. The topological polar surface area (TPSA) is 54.2 Å². The second-order valence-electron chi connectivity index (χ2n) is 9.18. The van der Waals surface area contributed by atoms with E-state index >= 15 is 0 Å². The molecular weight excluding hydrogens is 381 g/mol. The van der Waals surface area contributed by atoms with Gasteiger partial charge in [-0.15, -0.1) is 12.4 Å². The lowest BCUT2D eigenvalue weighted by atomic mass is 9.44. The molecule has 0 radical (unpaired) electrons. The standard InChI is InChI=1S/C18H25F3N4O.ClH/c1-25-3-2-22-9-13(25)14-23-15(26-24-14)16-5-11-4-12(6-16)8-17(7-11,10-16)18(19,20)21;/h11-13,22H,2-10H2,1H3;1H. The van der Waals surface area contributed by atoms with Crippen LogP contribution in [0.15, 0.2) is 4.52 Å². The van der Waals surface area contributed by atoms with E-state index in [1.54, 1.807) is 0 Å². The molecule has 0 amide bonds. The Morgan fingerprint density at radius 3 is 2.52 bits per heavy atom. The molecule has 5 nitrogen and oxygen atoms in total. The molecule has 4 bridgehead atoms. The van der Waals surface area contributed by atoms with Gasteiger partial charge in [-0.1, -0.05) is 5.16 Å². The number of piperazine rings is 1. The molecule has 6 rings (SSSR count). The number of alkyl halides is 3. The number of hydrogen-bond donors (Lipinski definition) is 1. The first-order valence-corrected chi connectivity index (χ1v) is 9.62. The maximum atomic E-state index is 13.9. The van der Waals surface area contributed by atoms with Crippen LogP contribution in [0.1, 0.15) is 56.3 Å². The lowest BCUT2D eigenvalue weighted by Crippen LogP contribution is -2.59. The Morgan fingerprint density at radius 2 is 1.89 bits per heavy atom. The van der Waals surface area contributed by atoms with Gasteiger partial charge in [0, 0.05) is 19.6 Å². The highest BCUT2D eigenvalue weighted by Gasteiger charge is 2.68. The summed E-state index contributed by atoms with van der Waals surface area (Å²) in [5.41, 5.74) is -2.12. The van der Waals surface area contributed by atoms with Crippen LogP contribution in [0.3, 0.4) is 0 Å². The van der Waals surface area contributed by atoms with Crippen molar-refractivity contribution < 1.29 is 17.7 Å². The second kappa shape index (κ2) is 6.32. The fourth-order valence-corrected chi connectivity index (χ4v) is 6.52. The summed E-state index contributed by atoms with van der Waals surface area (Å²) in [6.07, 6.45) is -1.00. The average molecular weight is 407 g/mol. The lowest BCUT2D eigenvalue weighted by Gasteiger charge is -2.60. The fraction of sp³-hybridized carbons (Fsp3) is 0.889. The summed E-state index contributed by atoms with van der Waals surface area (Å²) in [6, 6.07) is 0.0201. The summed E-state index contributed by atoms with van der Waals surface area (Å²) in [7, 11) is 2.02. The van der Waals surface area contributed by atoms with E-state index in [9.17, 15) is 13.2 Å². The van der Waals surface area contributed by atoms with Crippen LogP contribution in [0, 0.1) is 17.3 Å². The van der Waals surface area contributed by atoms with Crippen molar-refractivity contribution in [2.45, 2.75) is 56.2 Å². The first kappa shape index (κ1) is 19.5.